The standard InChI is InChI=1S/C26H26N4OS/c1-31-24-13-11-23(12-14-24)30-17-15-29(16-18-30)22-9-7-21(8-10-22)27-26-28-25(19-32-26)20-5-3-2-4-6-20/h2-14,19H,15-18H2,1H3,(H,27,28). The Hall–Kier alpha value is -3.51. The van der Waals surface area contributed by atoms with E-state index in [0.717, 1.165) is 54.0 Å². The van der Waals surface area contributed by atoms with Crippen molar-refractivity contribution in [3.05, 3.63) is 84.2 Å². The second-order valence-corrected chi connectivity index (χ2v) is 8.61. The van der Waals surface area contributed by atoms with E-state index < -0.39 is 0 Å². The minimum atomic E-state index is 0.898. The Balaban J connectivity index is 1.18. The van der Waals surface area contributed by atoms with E-state index in [-0.39, 0.29) is 0 Å². The van der Waals surface area contributed by atoms with Crippen molar-refractivity contribution < 1.29 is 4.74 Å². The molecule has 162 valence electrons. The molecule has 0 saturated carbocycles. The van der Waals surface area contributed by atoms with Crippen molar-refractivity contribution in [3.8, 4) is 17.0 Å². The minimum absolute atomic E-state index is 0.898. The number of rotatable bonds is 6. The lowest BCUT2D eigenvalue weighted by molar-refractivity contribution is 0.415. The van der Waals surface area contributed by atoms with E-state index in [2.05, 4.69) is 69.0 Å². The molecule has 0 atom stereocenters. The van der Waals surface area contributed by atoms with Crippen LogP contribution in [0.15, 0.2) is 84.2 Å². The van der Waals surface area contributed by atoms with Gasteiger partial charge >= 0.3 is 0 Å². The Morgan fingerprint density at radius 1 is 0.781 bits per heavy atom. The molecule has 32 heavy (non-hydrogen) atoms. The summed E-state index contributed by atoms with van der Waals surface area (Å²) in [6, 6.07) is 27.2. The molecule has 1 aliphatic rings. The zero-order valence-electron chi connectivity index (χ0n) is 18.1. The van der Waals surface area contributed by atoms with Crippen LogP contribution in [0.2, 0.25) is 0 Å². The van der Waals surface area contributed by atoms with Crippen LogP contribution >= 0.6 is 11.3 Å². The Labute approximate surface area is 192 Å². The molecule has 0 radical (unpaired) electrons. The molecule has 6 heteroatoms. The van der Waals surface area contributed by atoms with Gasteiger partial charge < -0.3 is 19.9 Å². The largest absolute Gasteiger partial charge is 0.497 e. The van der Waals surface area contributed by atoms with Crippen LogP contribution in [0.5, 0.6) is 5.75 Å². The van der Waals surface area contributed by atoms with Gasteiger partial charge in [0.1, 0.15) is 5.75 Å². The van der Waals surface area contributed by atoms with Gasteiger partial charge in [0, 0.05) is 54.2 Å². The lowest BCUT2D eigenvalue weighted by Gasteiger charge is -2.37. The summed E-state index contributed by atoms with van der Waals surface area (Å²) < 4.78 is 5.26. The summed E-state index contributed by atoms with van der Waals surface area (Å²) in [6.45, 7) is 4.03. The van der Waals surface area contributed by atoms with Crippen molar-refractivity contribution >= 4 is 33.5 Å². The maximum Gasteiger partial charge on any atom is 0.187 e. The SMILES string of the molecule is COc1ccc(N2CCN(c3ccc(Nc4nc(-c5ccccc5)cs4)cc3)CC2)cc1. The molecule has 1 fully saturated rings. The molecule has 1 saturated heterocycles. The number of nitrogens with zero attached hydrogens (tertiary/aromatic N) is 3. The van der Waals surface area contributed by atoms with E-state index in [9.17, 15) is 0 Å². The molecule has 1 aromatic heterocycles. The first kappa shape index (κ1) is 20.4. The monoisotopic (exact) mass is 442 g/mol. The van der Waals surface area contributed by atoms with Crippen molar-refractivity contribution in [1.29, 1.82) is 0 Å². The predicted octanol–water partition coefficient (Wildman–Crippen LogP) is 5.89. The molecule has 5 nitrogen and oxygen atoms in total. The van der Waals surface area contributed by atoms with Crippen molar-refractivity contribution in [2.24, 2.45) is 0 Å². The molecule has 2 heterocycles. The number of piperazine rings is 1. The smallest absolute Gasteiger partial charge is 0.187 e. The summed E-state index contributed by atoms with van der Waals surface area (Å²) in [4.78, 5) is 9.59. The second-order valence-electron chi connectivity index (χ2n) is 7.75. The summed E-state index contributed by atoms with van der Waals surface area (Å²) in [5.74, 6) is 0.898. The van der Waals surface area contributed by atoms with Gasteiger partial charge in [-0.1, -0.05) is 30.3 Å². The first-order valence-corrected chi connectivity index (χ1v) is 11.7. The van der Waals surface area contributed by atoms with E-state index >= 15 is 0 Å². The topological polar surface area (TPSA) is 40.6 Å². The van der Waals surface area contributed by atoms with Crippen molar-refractivity contribution in [3.63, 3.8) is 0 Å². The quantitative estimate of drug-likeness (QED) is 0.403. The summed E-state index contributed by atoms with van der Waals surface area (Å²) in [6.07, 6.45) is 0. The van der Waals surface area contributed by atoms with Crippen molar-refractivity contribution in [2.75, 3.05) is 48.4 Å². The summed E-state index contributed by atoms with van der Waals surface area (Å²) in [5.41, 5.74) is 5.71. The van der Waals surface area contributed by atoms with Gasteiger partial charge in [-0.05, 0) is 48.5 Å². The van der Waals surface area contributed by atoms with Gasteiger partial charge in [0.2, 0.25) is 0 Å². The second kappa shape index (κ2) is 9.32. The van der Waals surface area contributed by atoms with Crippen LogP contribution < -0.4 is 19.9 Å². The number of thiazole rings is 1. The fourth-order valence-electron chi connectivity index (χ4n) is 3.97. The van der Waals surface area contributed by atoms with Gasteiger partial charge in [0.15, 0.2) is 5.13 Å². The predicted molar refractivity (Wildman–Crippen MR) is 135 cm³/mol. The number of hydrogen-bond donors (Lipinski definition) is 1. The third kappa shape index (κ3) is 4.55. The molecule has 0 bridgehead atoms. The Kier molecular flexibility index (Phi) is 5.94. The van der Waals surface area contributed by atoms with Gasteiger partial charge in [0.25, 0.3) is 0 Å². The van der Waals surface area contributed by atoms with E-state index in [0.29, 0.717) is 0 Å². The van der Waals surface area contributed by atoms with Crippen molar-refractivity contribution in [2.45, 2.75) is 0 Å². The normalized spacial score (nSPS) is 13.8. The molecular weight excluding hydrogens is 416 g/mol. The lowest BCUT2D eigenvalue weighted by Crippen LogP contribution is -2.46. The molecule has 1 N–H and O–H groups in total. The number of aromatic nitrogens is 1. The van der Waals surface area contributed by atoms with Crippen molar-refractivity contribution in [1.82, 2.24) is 4.98 Å². The van der Waals surface area contributed by atoms with E-state index in [1.807, 2.05) is 30.3 Å². The zero-order valence-corrected chi connectivity index (χ0v) is 18.9. The van der Waals surface area contributed by atoms with Crippen LogP contribution in [0.3, 0.4) is 0 Å². The summed E-state index contributed by atoms with van der Waals surface area (Å²) >= 11 is 1.63. The van der Waals surface area contributed by atoms with Crippen LogP contribution in [-0.4, -0.2) is 38.3 Å². The average Bonchev–Trinajstić information content (AvgIpc) is 3.34. The van der Waals surface area contributed by atoms with Gasteiger partial charge in [-0.2, -0.15) is 0 Å². The van der Waals surface area contributed by atoms with E-state index in [1.165, 1.54) is 11.4 Å². The molecule has 0 amide bonds. The van der Waals surface area contributed by atoms with Crippen LogP contribution in [0.25, 0.3) is 11.3 Å². The average molecular weight is 443 g/mol. The number of benzene rings is 3. The summed E-state index contributed by atoms with van der Waals surface area (Å²) in [7, 11) is 1.70. The minimum Gasteiger partial charge on any atom is -0.497 e. The van der Waals surface area contributed by atoms with Gasteiger partial charge in [-0.15, -0.1) is 11.3 Å². The third-order valence-electron chi connectivity index (χ3n) is 5.77. The van der Waals surface area contributed by atoms with Gasteiger partial charge in [-0.25, -0.2) is 4.98 Å². The lowest BCUT2D eigenvalue weighted by atomic mass is 10.2. The Morgan fingerprint density at radius 2 is 1.38 bits per heavy atom. The molecule has 1 aliphatic heterocycles. The fourth-order valence-corrected chi connectivity index (χ4v) is 4.71. The van der Waals surface area contributed by atoms with Gasteiger partial charge in [-0.3, -0.25) is 0 Å². The molecule has 0 unspecified atom stereocenters. The molecule has 0 aliphatic carbocycles. The molecule has 5 rings (SSSR count). The highest BCUT2D eigenvalue weighted by molar-refractivity contribution is 7.14. The maximum atomic E-state index is 5.26. The highest BCUT2D eigenvalue weighted by Gasteiger charge is 2.17. The maximum absolute atomic E-state index is 5.26. The zero-order chi connectivity index (χ0) is 21.8. The Bertz CT molecular complexity index is 1130. The van der Waals surface area contributed by atoms with E-state index in [4.69, 9.17) is 9.72 Å². The number of hydrogen-bond acceptors (Lipinski definition) is 6. The van der Waals surface area contributed by atoms with Crippen LogP contribution in [0, 0.1) is 0 Å². The first-order chi connectivity index (χ1) is 15.8. The molecule has 0 spiro atoms. The summed E-state index contributed by atoms with van der Waals surface area (Å²) in [5, 5.41) is 6.43. The third-order valence-corrected chi connectivity index (χ3v) is 6.53. The highest BCUT2D eigenvalue weighted by atomic mass is 32.1. The molecule has 3 aromatic carbocycles. The number of methoxy groups -OCH3 is 1. The Morgan fingerprint density at radius 3 is 1.97 bits per heavy atom. The number of ether oxygens (including phenoxy) is 1. The fraction of sp³-hybridized carbons (Fsp3) is 0.192. The molecule has 4 aromatic rings. The highest BCUT2D eigenvalue weighted by Crippen LogP contribution is 2.28. The van der Waals surface area contributed by atoms with Crippen LogP contribution in [0.4, 0.5) is 22.2 Å². The van der Waals surface area contributed by atoms with Crippen LogP contribution in [-0.2, 0) is 0 Å². The molecular formula is C26H26N4OS. The van der Waals surface area contributed by atoms with Gasteiger partial charge in [0.05, 0.1) is 12.8 Å². The number of nitrogens with one attached hydrogen (secondary N) is 1. The van der Waals surface area contributed by atoms with E-state index in [1.54, 1.807) is 18.4 Å². The van der Waals surface area contributed by atoms with Crippen LogP contribution in [0.1, 0.15) is 0 Å². The number of anilines is 4. The first-order valence-electron chi connectivity index (χ1n) is 10.8.